The summed E-state index contributed by atoms with van der Waals surface area (Å²) in [5.41, 5.74) is 0. The van der Waals surface area contributed by atoms with Crippen molar-refractivity contribution >= 4 is 23.9 Å². The van der Waals surface area contributed by atoms with Gasteiger partial charge < -0.3 is 28.4 Å². The van der Waals surface area contributed by atoms with E-state index in [1.165, 1.54) is 6.92 Å². The van der Waals surface area contributed by atoms with Crippen molar-refractivity contribution in [3.63, 3.8) is 0 Å². The van der Waals surface area contributed by atoms with Gasteiger partial charge in [-0.3, -0.25) is 19.2 Å². The largest absolute Gasteiger partial charge is 0.463 e. The predicted octanol–water partition coefficient (Wildman–Crippen LogP) is 1.15. The summed E-state index contributed by atoms with van der Waals surface area (Å²) in [6.45, 7) is 4.36. The molecule has 0 aliphatic carbocycles. The van der Waals surface area contributed by atoms with E-state index in [4.69, 9.17) is 28.4 Å². The molecule has 0 N–H and O–H groups in total. The molecule has 1 aromatic carbocycles. The minimum Gasteiger partial charge on any atom is -0.463 e. The molecule has 1 fully saturated rings. The maximum absolute atomic E-state index is 11.7. The SMILES string of the molecule is CC(=O)OC[C@H]1OC(Oc2ccccc2)[C@H](OC(C)=O)[C@@H](OC(C)=O)[C@@H]1OC(C)=O. The zero-order valence-corrected chi connectivity index (χ0v) is 17.1. The first-order chi connectivity index (χ1) is 14.2. The van der Waals surface area contributed by atoms with E-state index < -0.39 is 54.6 Å². The number of hydrogen-bond donors (Lipinski definition) is 0. The van der Waals surface area contributed by atoms with Crippen LogP contribution in [0.1, 0.15) is 27.7 Å². The quantitative estimate of drug-likeness (QED) is 0.465. The van der Waals surface area contributed by atoms with E-state index in [1.54, 1.807) is 30.3 Å². The number of hydrogen-bond acceptors (Lipinski definition) is 10. The van der Waals surface area contributed by atoms with Crippen molar-refractivity contribution in [1.82, 2.24) is 0 Å². The van der Waals surface area contributed by atoms with Crippen molar-refractivity contribution < 1.29 is 47.6 Å². The van der Waals surface area contributed by atoms with Gasteiger partial charge in [0.2, 0.25) is 12.4 Å². The predicted molar refractivity (Wildman–Crippen MR) is 99.0 cm³/mol. The normalized spacial score (nSPS) is 25.5. The Kier molecular flexibility index (Phi) is 8.16. The lowest BCUT2D eigenvalue weighted by atomic mass is 9.98. The molecule has 0 amide bonds. The van der Waals surface area contributed by atoms with Gasteiger partial charge in [0.15, 0.2) is 12.2 Å². The number of benzene rings is 1. The minimum absolute atomic E-state index is 0.313. The molecule has 30 heavy (non-hydrogen) atoms. The molecule has 1 heterocycles. The Morgan fingerprint density at radius 2 is 1.30 bits per heavy atom. The van der Waals surface area contributed by atoms with Crippen LogP contribution in [0.25, 0.3) is 0 Å². The first-order valence-electron chi connectivity index (χ1n) is 9.19. The van der Waals surface area contributed by atoms with Gasteiger partial charge in [-0.1, -0.05) is 18.2 Å². The molecule has 10 nitrogen and oxygen atoms in total. The molecular formula is C20H24O10. The fourth-order valence-electron chi connectivity index (χ4n) is 2.92. The van der Waals surface area contributed by atoms with Gasteiger partial charge in [-0.15, -0.1) is 0 Å². The van der Waals surface area contributed by atoms with Crippen LogP contribution in [0.5, 0.6) is 5.75 Å². The summed E-state index contributed by atoms with van der Waals surface area (Å²) in [5, 5.41) is 0. The van der Waals surface area contributed by atoms with Crippen LogP contribution >= 0.6 is 0 Å². The van der Waals surface area contributed by atoms with Crippen LogP contribution in [0.4, 0.5) is 0 Å². The molecule has 0 bridgehead atoms. The second kappa shape index (κ2) is 10.6. The van der Waals surface area contributed by atoms with Crippen molar-refractivity contribution in [3.05, 3.63) is 30.3 Å². The first kappa shape index (κ1) is 23.1. The number of rotatable bonds is 7. The number of esters is 4. The van der Waals surface area contributed by atoms with Crippen molar-refractivity contribution in [2.45, 2.75) is 58.4 Å². The standard InChI is InChI=1S/C20H24O10/c1-11(21)25-10-16-17(26-12(2)22)18(27-13(3)23)19(28-14(4)24)20(30-16)29-15-8-6-5-7-9-15/h5-9,16-20H,10H2,1-4H3/t16-,17-,18+,19-,20?/m1/s1. The average Bonchev–Trinajstić information content (AvgIpc) is 2.64. The molecule has 0 aromatic heterocycles. The van der Waals surface area contributed by atoms with E-state index in [1.807, 2.05) is 0 Å². The Bertz CT molecular complexity index is 762. The fraction of sp³-hybridized carbons (Fsp3) is 0.500. The third-order valence-electron chi connectivity index (χ3n) is 3.94. The summed E-state index contributed by atoms with van der Waals surface area (Å²) in [7, 11) is 0. The molecule has 10 heteroatoms. The van der Waals surface area contributed by atoms with Gasteiger partial charge in [-0.05, 0) is 12.1 Å². The zero-order valence-electron chi connectivity index (χ0n) is 17.1. The fourth-order valence-corrected chi connectivity index (χ4v) is 2.92. The van der Waals surface area contributed by atoms with Gasteiger partial charge in [0.1, 0.15) is 18.5 Å². The maximum atomic E-state index is 11.7. The lowest BCUT2D eigenvalue weighted by Crippen LogP contribution is -2.63. The highest BCUT2D eigenvalue weighted by molar-refractivity contribution is 5.68. The molecule has 2 rings (SSSR count). The summed E-state index contributed by atoms with van der Waals surface area (Å²) in [6, 6.07) is 8.52. The minimum atomic E-state index is -1.27. The third-order valence-corrected chi connectivity index (χ3v) is 3.94. The van der Waals surface area contributed by atoms with E-state index >= 15 is 0 Å². The molecule has 1 aliphatic rings. The van der Waals surface area contributed by atoms with Crippen LogP contribution < -0.4 is 4.74 Å². The first-order valence-corrected chi connectivity index (χ1v) is 9.19. The third kappa shape index (κ3) is 6.73. The van der Waals surface area contributed by atoms with Crippen molar-refractivity contribution in [2.24, 2.45) is 0 Å². The van der Waals surface area contributed by atoms with Crippen LogP contribution in [-0.2, 0) is 42.9 Å². The number of para-hydroxylation sites is 1. The molecule has 1 aliphatic heterocycles. The highest BCUT2D eigenvalue weighted by atomic mass is 16.7. The van der Waals surface area contributed by atoms with Gasteiger partial charge in [-0.2, -0.15) is 0 Å². The van der Waals surface area contributed by atoms with Crippen LogP contribution in [-0.4, -0.2) is 61.2 Å². The zero-order chi connectivity index (χ0) is 22.3. The Morgan fingerprint density at radius 3 is 1.83 bits per heavy atom. The van der Waals surface area contributed by atoms with Gasteiger partial charge in [0.05, 0.1) is 0 Å². The van der Waals surface area contributed by atoms with Crippen LogP contribution in [0.2, 0.25) is 0 Å². The monoisotopic (exact) mass is 424 g/mol. The number of carbonyl (C=O) groups is 4. The molecule has 1 unspecified atom stereocenters. The van der Waals surface area contributed by atoms with Gasteiger partial charge >= 0.3 is 23.9 Å². The lowest BCUT2D eigenvalue weighted by Gasteiger charge is -2.43. The molecule has 5 atom stereocenters. The van der Waals surface area contributed by atoms with Crippen molar-refractivity contribution in [2.75, 3.05) is 6.61 Å². The van der Waals surface area contributed by atoms with E-state index in [-0.39, 0.29) is 6.61 Å². The highest BCUT2D eigenvalue weighted by Gasteiger charge is 2.53. The Balaban J connectivity index is 2.42. The maximum Gasteiger partial charge on any atom is 0.303 e. The lowest BCUT2D eigenvalue weighted by molar-refractivity contribution is -0.288. The van der Waals surface area contributed by atoms with Gasteiger partial charge in [0.25, 0.3) is 0 Å². The molecule has 1 saturated heterocycles. The number of ether oxygens (including phenoxy) is 6. The van der Waals surface area contributed by atoms with E-state index in [2.05, 4.69) is 0 Å². The highest BCUT2D eigenvalue weighted by Crippen LogP contribution is 2.30. The van der Waals surface area contributed by atoms with Crippen LogP contribution in [0.3, 0.4) is 0 Å². The molecule has 1 aromatic rings. The van der Waals surface area contributed by atoms with E-state index in [0.29, 0.717) is 5.75 Å². The van der Waals surface area contributed by atoms with Gasteiger partial charge in [-0.25, -0.2) is 0 Å². The Hall–Kier alpha value is -3.14. The molecule has 0 saturated carbocycles. The topological polar surface area (TPSA) is 124 Å². The Labute approximate surface area is 173 Å². The van der Waals surface area contributed by atoms with Crippen LogP contribution in [0, 0.1) is 0 Å². The smallest absolute Gasteiger partial charge is 0.303 e. The summed E-state index contributed by atoms with van der Waals surface area (Å²) in [6.07, 6.45) is -6.04. The molecule has 164 valence electrons. The average molecular weight is 424 g/mol. The second-order valence-corrected chi connectivity index (χ2v) is 6.50. The van der Waals surface area contributed by atoms with E-state index in [0.717, 1.165) is 20.8 Å². The van der Waals surface area contributed by atoms with Crippen LogP contribution in [0.15, 0.2) is 30.3 Å². The number of carbonyl (C=O) groups excluding carboxylic acids is 4. The van der Waals surface area contributed by atoms with Gasteiger partial charge in [0, 0.05) is 27.7 Å². The molecule has 0 radical (unpaired) electrons. The van der Waals surface area contributed by atoms with Crippen molar-refractivity contribution in [3.8, 4) is 5.75 Å². The second-order valence-electron chi connectivity index (χ2n) is 6.50. The molecule has 0 spiro atoms. The Morgan fingerprint density at radius 1 is 0.767 bits per heavy atom. The summed E-state index contributed by atoms with van der Waals surface area (Å²) < 4.78 is 32.6. The summed E-state index contributed by atoms with van der Waals surface area (Å²) in [4.78, 5) is 46.4. The summed E-state index contributed by atoms with van der Waals surface area (Å²) >= 11 is 0. The molecular weight excluding hydrogens is 400 g/mol. The van der Waals surface area contributed by atoms with E-state index in [9.17, 15) is 19.2 Å². The van der Waals surface area contributed by atoms with Crippen molar-refractivity contribution in [1.29, 1.82) is 0 Å². The summed E-state index contributed by atoms with van der Waals surface area (Å²) in [5.74, 6) is -2.30.